The van der Waals surface area contributed by atoms with Crippen LogP contribution >= 0.6 is 0 Å². The minimum atomic E-state index is -0.302. The van der Waals surface area contributed by atoms with E-state index in [-0.39, 0.29) is 24.5 Å². The summed E-state index contributed by atoms with van der Waals surface area (Å²) < 4.78 is 20.6. The second kappa shape index (κ2) is 10.0. The number of ether oxygens (including phenoxy) is 1. The van der Waals surface area contributed by atoms with Crippen molar-refractivity contribution in [3.63, 3.8) is 0 Å². The van der Waals surface area contributed by atoms with Crippen LogP contribution in [0, 0.1) is 12.7 Å². The predicted octanol–water partition coefficient (Wildman–Crippen LogP) is 3.79. The summed E-state index contributed by atoms with van der Waals surface area (Å²) in [5, 5.41) is 7.34. The summed E-state index contributed by atoms with van der Waals surface area (Å²) >= 11 is 0. The second-order valence-electron chi connectivity index (χ2n) is 7.45. The van der Waals surface area contributed by atoms with E-state index in [4.69, 9.17) is 4.74 Å². The average molecular weight is 410 g/mol. The summed E-state index contributed by atoms with van der Waals surface area (Å²) in [7, 11) is 3.94. The van der Waals surface area contributed by atoms with Gasteiger partial charge in [0, 0.05) is 6.20 Å². The number of rotatable bonds is 9. The monoisotopic (exact) mass is 410 g/mol. The first-order valence-corrected chi connectivity index (χ1v) is 9.85. The quantitative estimate of drug-likeness (QED) is 0.583. The summed E-state index contributed by atoms with van der Waals surface area (Å²) in [5.74, 6) is 0.195. The van der Waals surface area contributed by atoms with Crippen molar-refractivity contribution in [1.29, 1.82) is 0 Å². The van der Waals surface area contributed by atoms with E-state index in [1.165, 1.54) is 12.1 Å². The van der Waals surface area contributed by atoms with Gasteiger partial charge in [0.2, 0.25) is 0 Å². The molecule has 1 aromatic heterocycles. The SMILES string of the molecule is Cc1ccccc1OCn1ccc(C(=O)NC(CCN(C)C)c2ccc(F)cc2)n1. The van der Waals surface area contributed by atoms with Crippen LogP contribution in [0.4, 0.5) is 4.39 Å². The normalized spacial score (nSPS) is 12.0. The zero-order valence-electron chi connectivity index (χ0n) is 17.5. The highest BCUT2D eigenvalue weighted by atomic mass is 19.1. The van der Waals surface area contributed by atoms with Crippen molar-refractivity contribution in [3.05, 3.63) is 83.4 Å². The van der Waals surface area contributed by atoms with E-state index in [9.17, 15) is 9.18 Å². The van der Waals surface area contributed by atoms with Crippen LogP contribution in [0.3, 0.4) is 0 Å². The molecule has 0 aliphatic carbocycles. The Morgan fingerprint density at radius 2 is 1.90 bits per heavy atom. The Labute approximate surface area is 176 Å². The van der Waals surface area contributed by atoms with Gasteiger partial charge in [-0.05, 0) is 69.4 Å². The molecule has 1 atom stereocenters. The van der Waals surface area contributed by atoms with Gasteiger partial charge in [-0.25, -0.2) is 9.07 Å². The molecule has 2 aromatic carbocycles. The maximum atomic E-state index is 13.3. The summed E-state index contributed by atoms with van der Waals surface area (Å²) in [4.78, 5) is 14.8. The number of nitrogens with zero attached hydrogens (tertiary/aromatic N) is 3. The number of para-hydroxylation sites is 1. The molecule has 1 heterocycles. The predicted molar refractivity (Wildman–Crippen MR) is 114 cm³/mol. The Morgan fingerprint density at radius 1 is 1.17 bits per heavy atom. The van der Waals surface area contributed by atoms with Crippen molar-refractivity contribution in [2.75, 3.05) is 20.6 Å². The first kappa shape index (κ1) is 21.5. The van der Waals surface area contributed by atoms with E-state index in [0.717, 1.165) is 23.4 Å². The zero-order chi connectivity index (χ0) is 21.5. The number of halogens is 1. The van der Waals surface area contributed by atoms with Gasteiger partial charge in [0.15, 0.2) is 6.73 Å². The van der Waals surface area contributed by atoms with Gasteiger partial charge in [-0.3, -0.25) is 4.79 Å². The maximum Gasteiger partial charge on any atom is 0.272 e. The third-order valence-corrected chi connectivity index (χ3v) is 4.76. The minimum Gasteiger partial charge on any atom is -0.471 e. The van der Waals surface area contributed by atoms with Crippen molar-refractivity contribution < 1.29 is 13.9 Å². The number of carbonyl (C=O) groups excluding carboxylic acids is 1. The summed E-state index contributed by atoms with van der Waals surface area (Å²) in [6, 6.07) is 15.3. The Balaban J connectivity index is 1.65. The molecule has 6 nitrogen and oxygen atoms in total. The number of aryl methyl sites for hydroxylation is 1. The molecule has 0 saturated heterocycles. The molecule has 1 unspecified atom stereocenters. The topological polar surface area (TPSA) is 59.4 Å². The van der Waals surface area contributed by atoms with Gasteiger partial charge in [0.25, 0.3) is 5.91 Å². The molecule has 30 heavy (non-hydrogen) atoms. The molecule has 0 bridgehead atoms. The lowest BCUT2D eigenvalue weighted by molar-refractivity contribution is 0.0925. The van der Waals surface area contributed by atoms with E-state index in [2.05, 4.69) is 10.4 Å². The standard InChI is InChI=1S/C23H27FN4O2/c1-17-6-4-5-7-22(17)30-16-28-15-13-21(26-28)23(29)25-20(12-14-27(2)3)18-8-10-19(24)11-9-18/h4-11,13,15,20H,12,14,16H2,1-3H3,(H,25,29). The molecule has 1 amide bonds. The first-order chi connectivity index (χ1) is 14.4. The van der Waals surface area contributed by atoms with Gasteiger partial charge < -0.3 is 15.0 Å². The molecule has 0 aliphatic heterocycles. The highest BCUT2D eigenvalue weighted by Gasteiger charge is 2.18. The number of amides is 1. The third-order valence-electron chi connectivity index (χ3n) is 4.76. The summed E-state index contributed by atoms with van der Waals surface area (Å²) in [6.45, 7) is 2.96. The van der Waals surface area contributed by atoms with E-state index in [0.29, 0.717) is 12.1 Å². The lowest BCUT2D eigenvalue weighted by Crippen LogP contribution is -2.31. The number of hydrogen-bond donors (Lipinski definition) is 1. The van der Waals surface area contributed by atoms with E-state index in [1.54, 1.807) is 29.1 Å². The summed E-state index contributed by atoms with van der Waals surface area (Å²) in [6.07, 6.45) is 2.40. The van der Waals surface area contributed by atoms with Crippen molar-refractivity contribution in [2.24, 2.45) is 0 Å². The first-order valence-electron chi connectivity index (χ1n) is 9.85. The van der Waals surface area contributed by atoms with E-state index >= 15 is 0 Å². The molecular formula is C23H27FN4O2. The van der Waals surface area contributed by atoms with Crippen LogP contribution in [0.25, 0.3) is 0 Å². The van der Waals surface area contributed by atoms with Crippen molar-refractivity contribution >= 4 is 5.91 Å². The average Bonchev–Trinajstić information content (AvgIpc) is 3.20. The summed E-state index contributed by atoms with van der Waals surface area (Å²) in [5.41, 5.74) is 2.19. The van der Waals surface area contributed by atoms with Crippen LogP contribution in [0.2, 0.25) is 0 Å². The van der Waals surface area contributed by atoms with Crippen LogP contribution in [0.15, 0.2) is 60.8 Å². The van der Waals surface area contributed by atoms with Crippen molar-refractivity contribution in [1.82, 2.24) is 20.0 Å². The molecular weight excluding hydrogens is 383 g/mol. The molecule has 0 fully saturated rings. The van der Waals surface area contributed by atoms with Gasteiger partial charge in [-0.1, -0.05) is 30.3 Å². The lowest BCUT2D eigenvalue weighted by Gasteiger charge is -2.21. The Hall–Kier alpha value is -3.19. The van der Waals surface area contributed by atoms with Crippen LogP contribution < -0.4 is 10.1 Å². The van der Waals surface area contributed by atoms with Crippen LogP contribution in [0.1, 0.15) is 34.1 Å². The Bertz CT molecular complexity index is 969. The fraction of sp³-hybridized carbons (Fsp3) is 0.304. The Kier molecular flexibility index (Phi) is 7.19. The second-order valence-corrected chi connectivity index (χ2v) is 7.45. The fourth-order valence-corrected chi connectivity index (χ4v) is 3.05. The minimum absolute atomic E-state index is 0.208. The molecule has 7 heteroatoms. The third kappa shape index (κ3) is 5.90. The van der Waals surface area contributed by atoms with Crippen LogP contribution in [0.5, 0.6) is 5.75 Å². The van der Waals surface area contributed by atoms with Gasteiger partial charge >= 0.3 is 0 Å². The highest BCUT2D eigenvalue weighted by Crippen LogP contribution is 2.19. The van der Waals surface area contributed by atoms with E-state index in [1.807, 2.05) is 50.2 Å². The lowest BCUT2D eigenvalue weighted by atomic mass is 10.0. The van der Waals surface area contributed by atoms with Crippen molar-refractivity contribution in [2.45, 2.75) is 26.1 Å². The van der Waals surface area contributed by atoms with E-state index < -0.39 is 0 Å². The van der Waals surface area contributed by atoms with Gasteiger partial charge in [-0.2, -0.15) is 5.10 Å². The number of benzene rings is 2. The Morgan fingerprint density at radius 3 is 2.60 bits per heavy atom. The van der Waals surface area contributed by atoms with Crippen molar-refractivity contribution in [3.8, 4) is 5.75 Å². The number of nitrogens with one attached hydrogen (secondary N) is 1. The number of hydrogen-bond acceptors (Lipinski definition) is 4. The molecule has 3 rings (SSSR count). The van der Waals surface area contributed by atoms with Gasteiger partial charge in [0.1, 0.15) is 17.3 Å². The van der Waals surface area contributed by atoms with Gasteiger partial charge in [-0.15, -0.1) is 0 Å². The molecule has 158 valence electrons. The maximum absolute atomic E-state index is 13.3. The highest BCUT2D eigenvalue weighted by molar-refractivity contribution is 5.92. The van der Waals surface area contributed by atoms with Gasteiger partial charge in [0.05, 0.1) is 6.04 Å². The molecule has 0 radical (unpaired) electrons. The molecule has 0 aliphatic rings. The smallest absolute Gasteiger partial charge is 0.272 e. The fourth-order valence-electron chi connectivity index (χ4n) is 3.05. The molecule has 3 aromatic rings. The molecule has 0 saturated carbocycles. The van der Waals surface area contributed by atoms with Crippen LogP contribution in [-0.2, 0) is 6.73 Å². The molecule has 0 spiro atoms. The largest absolute Gasteiger partial charge is 0.471 e. The number of carbonyl (C=O) groups is 1. The zero-order valence-corrected chi connectivity index (χ0v) is 17.5. The van der Waals surface area contributed by atoms with Crippen LogP contribution in [-0.4, -0.2) is 41.2 Å². The number of aromatic nitrogens is 2. The molecule has 1 N–H and O–H groups in total.